The van der Waals surface area contributed by atoms with E-state index in [0.717, 1.165) is 17.1 Å². The van der Waals surface area contributed by atoms with Crippen LogP contribution in [-0.2, 0) is 5.41 Å². The summed E-state index contributed by atoms with van der Waals surface area (Å²) >= 11 is 0. The van der Waals surface area contributed by atoms with Gasteiger partial charge in [-0.15, -0.1) is 0 Å². The highest BCUT2D eigenvalue weighted by Gasteiger charge is 2.46. The second-order valence-corrected chi connectivity index (χ2v) is 15.3. The largest absolute Gasteiger partial charge is 0.310 e. The van der Waals surface area contributed by atoms with Crippen molar-refractivity contribution >= 4 is 38.6 Å². The molecule has 1 aliphatic carbocycles. The standard InChI is InChI=1S/C57H39N/c1-5-19-40(20-6-1)43-35-44(41-21-7-2-8-22-41)37-48(36-43)58(56-38-42-23-13-14-28-49(42)50-29-15-16-31-52(50)56)47-33-34-55-53(39-47)51-30-17-18-32-54(51)57(55,45-24-9-3-10-25-45)46-26-11-4-12-27-46/h1-39H. The van der Waals surface area contributed by atoms with Crippen LogP contribution in [0.4, 0.5) is 17.1 Å². The lowest BCUT2D eigenvalue weighted by Crippen LogP contribution is -2.28. The minimum absolute atomic E-state index is 0.471. The van der Waals surface area contributed by atoms with E-state index in [1.54, 1.807) is 0 Å². The number of fused-ring (bicyclic) bond motifs is 6. The van der Waals surface area contributed by atoms with Crippen molar-refractivity contribution in [3.63, 3.8) is 0 Å². The highest BCUT2D eigenvalue weighted by atomic mass is 15.1. The summed E-state index contributed by atoms with van der Waals surface area (Å²) in [5.74, 6) is 0. The molecule has 11 rings (SSSR count). The Morgan fingerprint density at radius 2 is 0.793 bits per heavy atom. The molecule has 10 aromatic rings. The van der Waals surface area contributed by atoms with Crippen molar-refractivity contribution in [2.24, 2.45) is 0 Å². The summed E-state index contributed by atoms with van der Waals surface area (Å²) < 4.78 is 0. The maximum absolute atomic E-state index is 2.50. The average Bonchev–Trinajstić information content (AvgIpc) is 3.61. The smallest absolute Gasteiger partial charge is 0.0713 e. The van der Waals surface area contributed by atoms with Gasteiger partial charge in [-0.3, -0.25) is 0 Å². The lowest BCUT2D eigenvalue weighted by atomic mass is 9.68. The summed E-state index contributed by atoms with van der Waals surface area (Å²) in [4.78, 5) is 2.50. The summed E-state index contributed by atoms with van der Waals surface area (Å²) in [6.45, 7) is 0. The summed E-state index contributed by atoms with van der Waals surface area (Å²) in [5, 5.41) is 4.91. The van der Waals surface area contributed by atoms with E-state index < -0.39 is 5.41 Å². The number of hydrogen-bond donors (Lipinski definition) is 0. The average molecular weight is 738 g/mol. The molecule has 0 radical (unpaired) electrons. The minimum Gasteiger partial charge on any atom is -0.310 e. The predicted octanol–water partition coefficient (Wildman–Crippen LogP) is 15.2. The van der Waals surface area contributed by atoms with Crippen molar-refractivity contribution in [2.75, 3.05) is 4.90 Å². The summed E-state index contributed by atoms with van der Waals surface area (Å²) in [7, 11) is 0. The maximum Gasteiger partial charge on any atom is 0.0713 e. The quantitative estimate of drug-likeness (QED) is 0.147. The van der Waals surface area contributed by atoms with Crippen LogP contribution in [-0.4, -0.2) is 0 Å². The zero-order valence-corrected chi connectivity index (χ0v) is 32.0. The first-order valence-electron chi connectivity index (χ1n) is 20.1. The molecule has 0 fully saturated rings. The Hall–Kier alpha value is -7.48. The topological polar surface area (TPSA) is 3.24 Å². The first-order valence-corrected chi connectivity index (χ1v) is 20.1. The Labute approximate surface area is 339 Å². The fourth-order valence-electron chi connectivity index (χ4n) is 9.56. The van der Waals surface area contributed by atoms with Gasteiger partial charge in [-0.2, -0.15) is 0 Å². The molecule has 58 heavy (non-hydrogen) atoms. The molecular formula is C57H39N. The predicted molar refractivity (Wildman–Crippen MR) is 244 cm³/mol. The highest BCUT2D eigenvalue weighted by Crippen LogP contribution is 2.57. The Bertz CT molecular complexity index is 3000. The fraction of sp³-hybridized carbons (Fsp3) is 0.0175. The third kappa shape index (κ3) is 5.39. The van der Waals surface area contributed by atoms with Crippen LogP contribution in [0.15, 0.2) is 237 Å². The molecular weight excluding hydrogens is 699 g/mol. The van der Waals surface area contributed by atoms with Crippen molar-refractivity contribution in [1.82, 2.24) is 0 Å². The van der Waals surface area contributed by atoms with Crippen LogP contribution < -0.4 is 4.90 Å². The van der Waals surface area contributed by atoms with E-state index in [1.165, 1.54) is 77.2 Å². The van der Waals surface area contributed by atoms with E-state index >= 15 is 0 Å². The number of hydrogen-bond acceptors (Lipinski definition) is 1. The number of nitrogens with zero attached hydrogens (tertiary/aromatic N) is 1. The second kappa shape index (κ2) is 13.9. The van der Waals surface area contributed by atoms with Crippen LogP contribution in [0.25, 0.3) is 54.9 Å². The van der Waals surface area contributed by atoms with Gasteiger partial charge in [0.1, 0.15) is 0 Å². The molecule has 0 aromatic heterocycles. The van der Waals surface area contributed by atoms with Gasteiger partial charge in [-0.05, 0) is 108 Å². The zero-order valence-electron chi connectivity index (χ0n) is 32.0. The monoisotopic (exact) mass is 737 g/mol. The molecule has 0 saturated carbocycles. The van der Waals surface area contributed by atoms with Crippen LogP contribution in [0.2, 0.25) is 0 Å². The Morgan fingerprint density at radius 3 is 1.43 bits per heavy atom. The highest BCUT2D eigenvalue weighted by molar-refractivity contribution is 6.15. The number of benzene rings is 10. The summed E-state index contributed by atoms with van der Waals surface area (Å²) in [6.07, 6.45) is 0. The van der Waals surface area contributed by atoms with Crippen LogP contribution in [0.1, 0.15) is 22.3 Å². The SMILES string of the molecule is c1ccc(-c2cc(-c3ccccc3)cc(N(c3ccc4c(c3)-c3ccccc3C4(c3ccccc3)c3ccccc3)c3cc4ccccc4c4ccccc34)c2)cc1. The van der Waals surface area contributed by atoms with Gasteiger partial charge in [-0.1, -0.05) is 200 Å². The van der Waals surface area contributed by atoms with Gasteiger partial charge in [0.2, 0.25) is 0 Å². The minimum atomic E-state index is -0.471. The summed E-state index contributed by atoms with van der Waals surface area (Å²) in [6, 6.07) is 86.9. The fourth-order valence-corrected chi connectivity index (χ4v) is 9.56. The molecule has 10 aromatic carbocycles. The molecule has 1 aliphatic rings. The Kier molecular flexibility index (Phi) is 8.12. The molecule has 0 heterocycles. The van der Waals surface area contributed by atoms with Crippen molar-refractivity contribution in [3.8, 4) is 33.4 Å². The van der Waals surface area contributed by atoms with Gasteiger partial charge >= 0.3 is 0 Å². The molecule has 1 nitrogen and oxygen atoms in total. The Balaban J connectivity index is 1.23. The van der Waals surface area contributed by atoms with Crippen molar-refractivity contribution in [2.45, 2.75) is 5.41 Å². The lowest BCUT2D eigenvalue weighted by Gasteiger charge is -2.34. The van der Waals surface area contributed by atoms with Gasteiger partial charge < -0.3 is 4.90 Å². The van der Waals surface area contributed by atoms with Gasteiger partial charge in [0, 0.05) is 16.8 Å². The summed E-state index contributed by atoms with van der Waals surface area (Å²) in [5.41, 5.74) is 15.2. The van der Waals surface area contributed by atoms with E-state index in [-0.39, 0.29) is 0 Å². The lowest BCUT2D eigenvalue weighted by molar-refractivity contribution is 0.768. The van der Waals surface area contributed by atoms with Crippen molar-refractivity contribution in [3.05, 3.63) is 259 Å². The second-order valence-electron chi connectivity index (χ2n) is 15.3. The molecule has 0 saturated heterocycles. The van der Waals surface area contributed by atoms with Gasteiger partial charge in [0.15, 0.2) is 0 Å². The zero-order chi connectivity index (χ0) is 38.5. The van der Waals surface area contributed by atoms with Crippen LogP contribution in [0, 0.1) is 0 Å². The normalized spacial score (nSPS) is 12.6. The molecule has 0 spiro atoms. The van der Waals surface area contributed by atoms with Crippen molar-refractivity contribution < 1.29 is 0 Å². The molecule has 0 aliphatic heterocycles. The van der Waals surface area contributed by atoms with Gasteiger partial charge in [-0.25, -0.2) is 0 Å². The van der Waals surface area contributed by atoms with Gasteiger partial charge in [0.05, 0.1) is 11.1 Å². The molecule has 0 atom stereocenters. The van der Waals surface area contributed by atoms with Crippen LogP contribution in [0.3, 0.4) is 0 Å². The first-order chi connectivity index (χ1) is 28.8. The van der Waals surface area contributed by atoms with E-state index in [9.17, 15) is 0 Å². The first kappa shape index (κ1) is 33.8. The number of anilines is 3. The number of rotatable bonds is 7. The van der Waals surface area contributed by atoms with E-state index in [2.05, 4.69) is 241 Å². The van der Waals surface area contributed by atoms with Crippen LogP contribution >= 0.6 is 0 Å². The van der Waals surface area contributed by atoms with Crippen molar-refractivity contribution in [1.29, 1.82) is 0 Å². The van der Waals surface area contributed by atoms with E-state index in [4.69, 9.17) is 0 Å². The maximum atomic E-state index is 2.50. The molecule has 0 bridgehead atoms. The van der Waals surface area contributed by atoms with E-state index in [0.29, 0.717) is 0 Å². The van der Waals surface area contributed by atoms with Gasteiger partial charge in [0.25, 0.3) is 0 Å². The van der Waals surface area contributed by atoms with E-state index in [1.807, 2.05) is 0 Å². The molecule has 0 unspecified atom stereocenters. The van der Waals surface area contributed by atoms with Crippen LogP contribution in [0.5, 0.6) is 0 Å². The molecule has 272 valence electrons. The molecule has 0 N–H and O–H groups in total. The molecule has 0 amide bonds. The molecule has 1 heteroatoms. The Morgan fingerprint density at radius 1 is 0.293 bits per heavy atom. The third-order valence-electron chi connectivity index (χ3n) is 12.1. The third-order valence-corrected chi connectivity index (χ3v) is 12.1.